The number of hydrogen-bond donors (Lipinski definition) is 2. The lowest BCUT2D eigenvalue weighted by molar-refractivity contribution is 0.0345. The SMILES string of the molecule is CCC1(NC(=O)c2cc(S(N)(=O)=O)oc2C)CCOCC1. The number of furan rings is 1. The van der Waals surface area contributed by atoms with Gasteiger partial charge in [0.05, 0.1) is 5.56 Å². The highest BCUT2D eigenvalue weighted by molar-refractivity contribution is 7.89. The maximum absolute atomic E-state index is 12.4. The fraction of sp³-hybridized carbons (Fsp3) is 0.615. The second-order valence-corrected chi connectivity index (χ2v) is 6.77. The molecule has 8 heteroatoms. The Labute approximate surface area is 123 Å². The fourth-order valence-corrected chi connectivity index (χ4v) is 2.98. The minimum Gasteiger partial charge on any atom is -0.448 e. The average molecular weight is 316 g/mol. The topological polar surface area (TPSA) is 112 Å². The van der Waals surface area contributed by atoms with Gasteiger partial charge in [0.25, 0.3) is 15.9 Å². The molecule has 7 nitrogen and oxygen atoms in total. The zero-order valence-corrected chi connectivity index (χ0v) is 13.0. The maximum atomic E-state index is 12.4. The second-order valence-electron chi connectivity index (χ2n) is 5.28. The van der Waals surface area contributed by atoms with E-state index in [9.17, 15) is 13.2 Å². The van der Waals surface area contributed by atoms with E-state index in [-0.39, 0.29) is 22.8 Å². The molecule has 1 amide bonds. The molecule has 0 bridgehead atoms. The van der Waals surface area contributed by atoms with Crippen LogP contribution in [0.2, 0.25) is 0 Å². The lowest BCUT2D eigenvalue weighted by Gasteiger charge is -2.37. The van der Waals surface area contributed by atoms with Gasteiger partial charge in [-0.2, -0.15) is 0 Å². The van der Waals surface area contributed by atoms with Gasteiger partial charge >= 0.3 is 0 Å². The molecular weight excluding hydrogens is 296 g/mol. The quantitative estimate of drug-likeness (QED) is 0.858. The van der Waals surface area contributed by atoms with Gasteiger partial charge in [0.1, 0.15) is 5.76 Å². The zero-order chi connectivity index (χ0) is 15.7. The molecule has 1 aliphatic rings. The second kappa shape index (κ2) is 5.78. The van der Waals surface area contributed by atoms with Crippen molar-refractivity contribution in [3.63, 3.8) is 0 Å². The summed E-state index contributed by atoms with van der Waals surface area (Å²) in [5.74, 6) is -0.121. The van der Waals surface area contributed by atoms with E-state index in [1.54, 1.807) is 0 Å². The third-order valence-corrected chi connectivity index (χ3v) is 4.69. The normalized spacial score (nSPS) is 18.4. The Bertz CT molecular complexity index is 629. The Hall–Kier alpha value is -1.38. The number of hydrogen-bond acceptors (Lipinski definition) is 5. The molecule has 1 aromatic heterocycles. The van der Waals surface area contributed by atoms with Crippen LogP contribution >= 0.6 is 0 Å². The van der Waals surface area contributed by atoms with Crippen LogP contribution in [0, 0.1) is 6.92 Å². The number of nitrogens with two attached hydrogens (primary N) is 1. The number of carbonyl (C=O) groups is 1. The standard InChI is InChI=1S/C13H20N2O5S/c1-3-13(4-6-19-7-5-13)15-12(16)10-8-11(20-9(10)2)21(14,17)18/h8H,3-7H2,1-2H3,(H,15,16)(H2,14,17,18). The molecule has 1 aliphatic heterocycles. The molecule has 1 aromatic rings. The van der Waals surface area contributed by atoms with E-state index < -0.39 is 15.1 Å². The Morgan fingerprint density at radius 1 is 1.43 bits per heavy atom. The lowest BCUT2D eigenvalue weighted by Crippen LogP contribution is -2.51. The molecule has 1 fully saturated rings. The van der Waals surface area contributed by atoms with Crippen LogP contribution in [0.5, 0.6) is 0 Å². The van der Waals surface area contributed by atoms with Crippen LogP contribution in [0.3, 0.4) is 0 Å². The van der Waals surface area contributed by atoms with Crippen LogP contribution in [-0.4, -0.2) is 33.1 Å². The maximum Gasteiger partial charge on any atom is 0.271 e. The highest BCUT2D eigenvalue weighted by Crippen LogP contribution is 2.26. The lowest BCUT2D eigenvalue weighted by atomic mass is 9.87. The monoisotopic (exact) mass is 316 g/mol. The van der Waals surface area contributed by atoms with E-state index in [1.807, 2.05) is 6.92 Å². The van der Waals surface area contributed by atoms with Gasteiger partial charge in [-0.25, -0.2) is 13.6 Å². The first-order chi connectivity index (χ1) is 9.77. The average Bonchev–Trinajstić information content (AvgIpc) is 2.82. The molecular formula is C13H20N2O5S. The number of nitrogens with one attached hydrogen (secondary N) is 1. The molecule has 0 saturated carbocycles. The summed E-state index contributed by atoms with van der Waals surface area (Å²) in [4.78, 5) is 12.4. The summed E-state index contributed by atoms with van der Waals surface area (Å²) in [6, 6.07) is 1.17. The van der Waals surface area contributed by atoms with Crippen molar-refractivity contribution in [1.82, 2.24) is 5.32 Å². The van der Waals surface area contributed by atoms with E-state index in [1.165, 1.54) is 13.0 Å². The molecule has 0 spiro atoms. The number of primary sulfonamides is 1. The first-order valence-electron chi connectivity index (χ1n) is 6.81. The van der Waals surface area contributed by atoms with Crippen LogP contribution in [0.4, 0.5) is 0 Å². The molecule has 0 radical (unpaired) electrons. The van der Waals surface area contributed by atoms with Gasteiger partial charge in [0, 0.05) is 24.8 Å². The van der Waals surface area contributed by atoms with Gasteiger partial charge in [-0.05, 0) is 26.2 Å². The first-order valence-corrected chi connectivity index (χ1v) is 8.35. The van der Waals surface area contributed by atoms with E-state index in [4.69, 9.17) is 14.3 Å². The third-order valence-electron chi connectivity index (χ3n) is 3.93. The summed E-state index contributed by atoms with van der Waals surface area (Å²) in [6.07, 6.45) is 2.24. The molecule has 0 unspecified atom stereocenters. The van der Waals surface area contributed by atoms with E-state index in [0.717, 1.165) is 19.3 Å². The van der Waals surface area contributed by atoms with Crippen molar-refractivity contribution in [2.45, 2.75) is 43.7 Å². The Morgan fingerprint density at radius 2 is 2.05 bits per heavy atom. The fourth-order valence-electron chi connectivity index (χ4n) is 2.46. The summed E-state index contributed by atoms with van der Waals surface area (Å²) in [7, 11) is -3.96. The molecule has 21 heavy (non-hydrogen) atoms. The minimum atomic E-state index is -3.96. The van der Waals surface area contributed by atoms with Crippen molar-refractivity contribution in [2.24, 2.45) is 5.14 Å². The van der Waals surface area contributed by atoms with Gasteiger partial charge in [0.15, 0.2) is 0 Å². The molecule has 118 valence electrons. The smallest absolute Gasteiger partial charge is 0.271 e. The molecule has 1 saturated heterocycles. The number of sulfonamides is 1. The van der Waals surface area contributed by atoms with E-state index in [0.29, 0.717) is 13.2 Å². The zero-order valence-electron chi connectivity index (χ0n) is 12.1. The molecule has 0 aliphatic carbocycles. The predicted molar refractivity (Wildman–Crippen MR) is 75.4 cm³/mol. The van der Waals surface area contributed by atoms with Crippen LogP contribution in [0.15, 0.2) is 15.6 Å². The van der Waals surface area contributed by atoms with Crippen molar-refractivity contribution in [1.29, 1.82) is 0 Å². The van der Waals surface area contributed by atoms with Crippen molar-refractivity contribution >= 4 is 15.9 Å². The molecule has 0 atom stereocenters. The largest absolute Gasteiger partial charge is 0.448 e. The Morgan fingerprint density at radius 3 is 2.52 bits per heavy atom. The molecule has 2 rings (SSSR count). The number of carbonyl (C=O) groups excluding carboxylic acids is 1. The van der Waals surface area contributed by atoms with E-state index >= 15 is 0 Å². The van der Waals surface area contributed by atoms with Gasteiger partial charge in [-0.1, -0.05) is 6.92 Å². The summed E-state index contributed by atoms with van der Waals surface area (Å²) >= 11 is 0. The highest BCUT2D eigenvalue weighted by atomic mass is 32.2. The third kappa shape index (κ3) is 3.45. The Kier molecular flexibility index (Phi) is 4.40. The van der Waals surface area contributed by atoms with Gasteiger partial charge < -0.3 is 14.5 Å². The molecule has 2 heterocycles. The van der Waals surface area contributed by atoms with Crippen molar-refractivity contribution in [2.75, 3.05) is 13.2 Å². The summed E-state index contributed by atoms with van der Waals surface area (Å²) in [6.45, 7) is 4.73. The van der Waals surface area contributed by atoms with E-state index in [2.05, 4.69) is 5.32 Å². The Balaban J connectivity index is 2.22. The number of aryl methyl sites for hydroxylation is 1. The van der Waals surface area contributed by atoms with Crippen molar-refractivity contribution in [3.8, 4) is 0 Å². The predicted octanol–water partition coefficient (Wildman–Crippen LogP) is 0.924. The van der Waals surface area contributed by atoms with Crippen LogP contribution in [0.25, 0.3) is 0 Å². The van der Waals surface area contributed by atoms with Gasteiger partial charge in [-0.15, -0.1) is 0 Å². The first kappa shape index (κ1) is 16.0. The summed E-state index contributed by atoms with van der Waals surface area (Å²) in [5.41, 5.74) is -0.126. The minimum absolute atomic E-state index is 0.193. The van der Waals surface area contributed by atoms with Gasteiger partial charge in [0.2, 0.25) is 5.09 Å². The van der Waals surface area contributed by atoms with Crippen molar-refractivity contribution < 1.29 is 22.4 Å². The van der Waals surface area contributed by atoms with Crippen LogP contribution < -0.4 is 10.5 Å². The van der Waals surface area contributed by atoms with Gasteiger partial charge in [-0.3, -0.25) is 4.79 Å². The van der Waals surface area contributed by atoms with Crippen LogP contribution in [0.1, 0.15) is 42.3 Å². The number of rotatable bonds is 4. The molecule has 3 N–H and O–H groups in total. The number of ether oxygens (including phenoxy) is 1. The van der Waals surface area contributed by atoms with Crippen LogP contribution in [-0.2, 0) is 14.8 Å². The summed E-state index contributed by atoms with van der Waals surface area (Å²) < 4.78 is 32.9. The highest BCUT2D eigenvalue weighted by Gasteiger charge is 2.33. The number of amides is 1. The van der Waals surface area contributed by atoms with Crippen molar-refractivity contribution in [3.05, 3.63) is 17.4 Å². The summed E-state index contributed by atoms with van der Waals surface area (Å²) in [5, 5.41) is 7.59. The molecule has 0 aromatic carbocycles.